The summed E-state index contributed by atoms with van der Waals surface area (Å²) in [6.07, 6.45) is 5.28. The van der Waals surface area contributed by atoms with Gasteiger partial charge >= 0.3 is 6.03 Å². The molecule has 0 bridgehead atoms. The Morgan fingerprint density at radius 2 is 2.04 bits per heavy atom. The molecule has 2 atom stereocenters. The number of nitrogens with one attached hydrogen (secondary N) is 1. The second-order valence-corrected chi connectivity index (χ2v) is 7.42. The second-order valence-electron chi connectivity index (χ2n) is 7.42. The molecule has 2 fully saturated rings. The lowest BCUT2D eigenvalue weighted by Crippen LogP contribution is -2.47. The molecule has 1 aliphatic heterocycles. The van der Waals surface area contributed by atoms with E-state index in [1.807, 2.05) is 35.2 Å². The number of piperidine rings is 1. The van der Waals surface area contributed by atoms with E-state index >= 15 is 0 Å². The third-order valence-corrected chi connectivity index (χ3v) is 5.42. The molecular formula is C20H31N3O2. The fraction of sp³-hybridized carbons (Fsp3) is 0.650. The molecule has 5 nitrogen and oxygen atoms in total. The lowest BCUT2D eigenvalue weighted by Gasteiger charge is -2.33. The lowest BCUT2D eigenvalue weighted by molar-refractivity contribution is 0.116. The molecule has 0 aromatic heterocycles. The molecule has 5 heteroatoms. The quantitative estimate of drug-likeness (QED) is 0.799. The van der Waals surface area contributed by atoms with E-state index in [1.165, 1.54) is 19.3 Å². The van der Waals surface area contributed by atoms with Gasteiger partial charge in [0.25, 0.3) is 0 Å². The summed E-state index contributed by atoms with van der Waals surface area (Å²) in [5.41, 5.74) is 0.864. The number of rotatable bonds is 7. The zero-order valence-electron chi connectivity index (χ0n) is 15.2. The van der Waals surface area contributed by atoms with Crippen LogP contribution in [0.5, 0.6) is 0 Å². The van der Waals surface area contributed by atoms with Crippen LogP contribution in [0.15, 0.2) is 30.3 Å². The van der Waals surface area contributed by atoms with Crippen LogP contribution >= 0.6 is 0 Å². The largest absolute Gasteiger partial charge is 0.387 e. The van der Waals surface area contributed by atoms with Crippen LogP contribution in [0.4, 0.5) is 4.79 Å². The molecule has 138 valence electrons. The van der Waals surface area contributed by atoms with Gasteiger partial charge in [-0.05, 0) is 44.7 Å². The first-order valence-electron chi connectivity index (χ1n) is 9.66. The van der Waals surface area contributed by atoms with Gasteiger partial charge in [0.1, 0.15) is 0 Å². The van der Waals surface area contributed by atoms with E-state index in [9.17, 15) is 9.90 Å². The second kappa shape index (κ2) is 8.68. The fourth-order valence-corrected chi connectivity index (χ4v) is 3.65. The van der Waals surface area contributed by atoms with Crippen LogP contribution in [0.3, 0.4) is 0 Å². The number of carbonyl (C=O) groups excluding carboxylic acids is 1. The molecule has 3 rings (SSSR count). The first kappa shape index (κ1) is 18.2. The van der Waals surface area contributed by atoms with E-state index in [2.05, 4.69) is 17.1 Å². The van der Waals surface area contributed by atoms with Gasteiger partial charge in [-0.25, -0.2) is 4.79 Å². The Morgan fingerprint density at radius 3 is 2.72 bits per heavy atom. The number of hydrogen-bond acceptors (Lipinski definition) is 3. The van der Waals surface area contributed by atoms with Gasteiger partial charge in [0, 0.05) is 25.2 Å². The minimum Gasteiger partial charge on any atom is -0.387 e. The number of hydrogen-bond donors (Lipinski definition) is 2. The Kier molecular flexibility index (Phi) is 6.32. The van der Waals surface area contributed by atoms with Crippen molar-refractivity contribution in [2.75, 3.05) is 26.2 Å². The number of carbonyl (C=O) groups is 1. The van der Waals surface area contributed by atoms with Gasteiger partial charge in [-0.1, -0.05) is 36.8 Å². The number of aliphatic hydroxyl groups excluding tert-OH is 1. The van der Waals surface area contributed by atoms with Crippen molar-refractivity contribution in [3.63, 3.8) is 0 Å². The summed E-state index contributed by atoms with van der Waals surface area (Å²) in [7, 11) is 0. The third kappa shape index (κ3) is 5.19. The van der Waals surface area contributed by atoms with Crippen LogP contribution in [0.25, 0.3) is 0 Å². The molecule has 1 heterocycles. The Labute approximate surface area is 151 Å². The first-order valence-corrected chi connectivity index (χ1v) is 9.66. The van der Waals surface area contributed by atoms with Crippen LogP contribution in [-0.2, 0) is 0 Å². The zero-order chi connectivity index (χ0) is 17.6. The lowest BCUT2D eigenvalue weighted by atomic mass is 10.0. The Balaban J connectivity index is 1.48. The zero-order valence-corrected chi connectivity index (χ0v) is 15.2. The van der Waals surface area contributed by atoms with E-state index < -0.39 is 6.10 Å². The van der Waals surface area contributed by atoms with Crippen molar-refractivity contribution in [3.05, 3.63) is 35.9 Å². The van der Waals surface area contributed by atoms with Crippen molar-refractivity contribution < 1.29 is 9.90 Å². The average molecular weight is 345 g/mol. The van der Waals surface area contributed by atoms with Crippen LogP contribution in [0.2, 0.25) is 0 Å². The maximum atomic E-state index is 12.6. The van der Waals surface area contributed by atoms with E-state index in [0.29, 0.717) is 19.1 Å². The van der Waals surface area contributed by atoms with Gasteiger partial charge < -0.3 is 15.3 Å². The summed E-state index contributed by atoms with van der Waals surface area (Å²) in [4.78, 5) is 16.9. The SMILES string of the molecule is C[C@@H]1CCCCN1CCNC(=O)N(C[C@H](O)c1ccccc1)C1CC1. The number of amides is 2. The van der Waals surface area contributed by atoms with Crippen LogP contribution in [-0.4, -0.2) is 59.2 Å². The normalized spacial score (nSPS) is 22.4. The van der Waals surface area contributed by atoms with E-state index in [0.717, 1.165) is 31.5 Å². The summed E-state index contributed by atoms with van der Waals surface area (Å²) >= 11 is 0. The van der Waals surface area contributed by atoms with Crippen LogP contribution in [0.1, 0.15) is 50.7 Å². The topological polar surface area (TPSA) is 55.8 Å². The molecule has 1 saturated heterocycles. The highest BCUT2D eigenvalue weighted by molar-refractivity contribution is 5.75. The van der Waals surface area contributed by atoms with Crippen molar-refractivity contribution in [1.82, 2.24) is 15.1 Å². The third-order valence-electron chi connectivity index (χ3n) is 5.42. The molecule has 0 spiro atoms. The summed E-state index contributed by atoms with van der Waals surface area (Å²) in [6.45, 7) is 5.35. The van der Waals surface area contributed by atoms with Gasteiger partial charge in [0.15, 0.2) is 0 Å². The van der Waals surface area contributed by atoms with Gasteiger partial charge in [0.05, 0.1) is 12.6 Å². The minimum absolute atomic E-state index is 0.0397. The molecule has 0 unspecified atom stereocenters. The monoisotopic (exact) mass is 345 g/mol. The standard InChI is InChI=1S/C20H31N3O2/c1-16-7-5-6-13-22(16)14-12-21-20(25)23(18-10-11-18)15-19(24)17-8-3-2-4-9-17/h2-4,8-9,16,18-19,24H,5-7,10-15H2,1H3,(H,21,25)/t16-,19+/m1/s1. The molecule has 2 N–H and O–H groups in total. The molecule has 1 aliphatic carbocycles. The minimum atomic E-state index is -0.630. The highest BCUT2D eigenvalue weighted by Crippen LogP contribution is 2.29. The summed E-state index contributed by atoms with van der Waals surface area (Å²) in [5.74, 6) is 0. The molecule has 0 radical (unpaired) electrons. The van der Waals surface area contributed by atoms with Crippen LogP contribution in [0, 0.1) is 0 Å². The number of urea groups is 1. The van der Waals surface area contributed by atoms with Crippen molar-refractivity contribution in [3.8, 4) is 0 Å². The van der Waals surface area contributed by atoms with Crippen molar-refractivity contribution in [1.29, 1.82) is 0 Å². The summed E-state index contributed by atoms with van der Waals surface area (Å²) in [6, 6.07) is 10.4. The fourth-order valence-electron chi connectivity index (χ4n) is 3.65. The maximum Gasteiger partial charge on any atom is 0.317 e. The Hall–Kier alpha value is -1.59. The maximum absolute atomic E-state index is 12.6. The van der Waals surface area contributed by atoms with Gasteiger partial charge in [-0.3, -0.25) is 4.90 Å². The predicted molar refractivity (Wildman–Crippen MR) is 99.4 cm³/mol. The van der Waals surface area contributed by atoms with Crippen molar-refractivity contribution in [2.24, 2.45) is 0 Å². The number of nitrogens with zero attached hydrogens (tertiary/aromatic N) is 2. The van der Waals surface area contributed by atoms with Crippen LogP contribution < -0.4 is 5.32 Å². The Bertz CT molecular complexity index is 547. The number of aliphatic hydroxyl groups is 1. The first-order chi connectivity index (χ1) is 12.1. The Morgan fingerprint density at radius 1 is 1.28 bits per heavy atom. The molecule has 2 aliphatic rings. The van der Waals surface area contributed by atoms with Crippen molar-refractivity contribution in [2.45, 2.75) is 57.2 Å². The number of likely N-dealkylation sites (tertiary alicyclic amines) is 1. The molecule has 1 aromatic carbocycles. The van der Waals surface area contributed by atoms with Crippen molar-refractivity contribution >= 4 is 6.03 Å². The van der Waals surface area contributed by atoms with Gasteiger partial charge in [-0.2, -0.15) is 0 Å². The average Bonchev–Trinajstić information content (AvgIpc) is 3.46. The molecule has 1 aromatic rings. The van der Waals surface area contributed by atoms with E-state index in [1.54, 1.807) is 0 Å². The van der Waals surface area contributed by atoms with Gasteiger partial charge in [-0.15, -0.1) is 0 Å². The van der Waals surface area contributed by atoms with E-state index in [-0.39, 0.29) is 12.1 Å². The molecule has 2 amide bonds. The molecule has 1 saturated carbocycles. The highest BCUT2D eigenvalue weighted by Gasteiger charge is 2.34. The highest BCUT2D eigenvalue weighted by atomic mass is 16.3. The molecule has 25 heavy (non-hydrogen) atoms. The predicted octanol–water partition coefficient (Wildman–Crippen LogP) is 2.77. The molecular weight excluding hydrogens is 314 g/mol. The summed E-state index contributed by atoms with van der Waals surface area (Å²) < 4.78 is 0. The smallest absolute Gasteiger partial charge is 0.317 e. The number of benzene rings is 1. The van der Waals surface area contributed by atoms with Gasteiger partial charge in [0.2, 0.25) is 0 Å². The van der Waals surface area contributed by atoms with E-state index in [4.69, 9.17) is 0 Å². The summed E-state index contributed by atoms with van der Waals surface area (Å²) in [5, 5.41) is 13.5.